The Morgan fingerprint density at radius 1 is 1.12 bits per heavy atom. The second-order valence-corrected chi connectivity index (χ2v) is 7.98. The van der Waals surface area contributed by atoms with Crippen LogP contribution in [-0.2, 0) is 33.2 Å². The van der Waals surface area contributed by atoms with Crippen molar-refractivity contribution in [2.24, 2.45) is 0 Å². The molecule has 0 amide bonds. The molecule has 24 heavy (non-hydrogen) atoms. The van der Waals surface area contributed by atoms with E-state index in [9.17, 15) is 8.42 Å². The molecule has 1 aromatic carbocycles. The molecule has 2 fully saturated rings. The molecule has 0 bridgehead atoms. The number of methoxy groups -OCH3 is 1. The third-order valence-electron chi connectivity index (χ3n) is 4.02. The Kier molecular flexibility index (Phi) is 4.71. The van der Waals surface area contributed by atoms with Gasteiger partial charge in [-0.25, -0.2) is 0 Å². The minimum Gasteiger partial charge on any atom is -0.353 e. The Labute approximate surface area is 141 Å². The third kappa shape index (κ3) is 3.49. The van der Waals surface area contributed by atoms with Crippen LogP contribution in [0.15, 0.2) is 29.2 Å². The molecule has 0 aliphatic carbocycles. The maximum absolute atomic E-state index is 12.5. The van der Waals surface area contributed by atoms with Crippen molar-refractivity contribution >= 4 is 10.1 Å². The van der Waals surface area contributed by atoms with Crippen LogP contribution >= 0.6 is 0 Å². The molecule has 1 aromatic rings. The largest absolute Gasteiger partial charge is 0.353 e. The van der Waals surface area contributed by atoms with Gasteiger partial charge in [0, 0.05) is 7.11 Å². The lowest BCUT2D eigenvalue weighted by molar-refractivity contribution is -0.234. The fourth-order valence-electron chi connectivity index (χ4n) is 2.90. The monoisotopic (exact) mass is 358 g/mol. The van der Waals surface area contributed by atoms with Crippen LogP contribution < -0.4 is 0 Å². The molecule has 2 aliphatic rings. The highest BCUT2D eigenvalue weighted by Crippen LogP contribution is 2.37. The molecule has 4 atom stereocenters. The van der Waals surface area contributed by atoms with Crippen molar-refractivity contribution in [1.29, 1.82) is 0 Å². The van der Waals surface area contributed by atoms with Gasteiger partial charge in [-0.3, -0.25) is 4.18 Å². The van der Waals surface area contributed by atoms with E-state index in [0.717, 1.165) is 5.56 Å². The van der Waals surface area contributed by atoms with E-state index in [2.05, 4.69) is 0 Å². The zero-order valence-corrected chi connectivity index (χ0v) is 14.9. The SMILES string of the molecule is CO[C@H]1OC[C@@H](OS(=O)(=O)c2ccc(C)cc2)[C@H]2OC(C)(C)O[C@H]12. The number of rotatable bonds is 4. The van der Waals surface area contributed by atoms with Crippen LogP contribution in [-0.4, -0.2) is 52.5 Å². The summed E-state index contributed by atoms with van der Waals surface area (Å²) in [7, 11) is -2.43. The van der Waals surface area contributed by atoms with Gasteiger partial charge >= 0.3 is 0 Å². The van der Waals surface area contributed by atoms with Gasteiger partial charge in [0.2, 0.25) is 0 Å². The first-order valence-corrected chi connectivity index (χ1v) is 9.13. The molecule has 2 aliphatic heterocycles. The Morgan fingerprint density at radius 2 is 1.75 bits per heavy atom. The topological polar surface area (TPSA) is 80.3 Å². The quantitative estimate of drug-likeness (QED) is 0.756. The van der Waals surface area contributed by atoms with E-state index >= 15 is 0 Å². The van der Waals surface area contributed by atoms with Gasteiger partial charge in [-0.2, -0.15) is 8.42 Å². The van der Waals surface area contributed by atoms with E-state index in [-0.39, 0.29) is 11.5 Å². The highest BCUT2D eigenvalue weighted by Gasteiger charge is 2.53. The van der Waals surface area contributed by atoms with Gasteiger partial charge in [-0.05, 0) is 32.9 Å². The number of hydrogen-bond donors (Lipinski definition) is 0. The van der Waals surface area contributed by atoms with Crippen molar-refractivity contribution in [1.82, 2.24) is 0 Å². The highest BCUT2D eigenvalue weighted by atomic mass is 32.2. The maximum Gasteiger partial charge on any atom is 0.297 e. The molecule has 0 aromatic heterocycles. The van der Waals surface area contributed by atoms with Crippen LogP contribution in [0.1, 0.15) is 19.4 Å². The molecule has 0 N–H and O–H groups in total. The van der Waals surface area contributed by atoms with Gasteiger partial charge in [0.15, 0.2) is 12.1 Å². The summed E-state index contributed by atoms with van der Waals surface area (Å²) in [6.45, 7) is 5.42. The van der Waals surface area contributed by atoms with Crippen LogP contribution in [0.25, 0.3) is 0 Å². The molecule has 3 rings (SSSR count). The predicted molar refractivity (Wildman–Crippen MR) is 83.8 cm³/mol. The Balaban J connectivity index is 1.80. The van der Waals surface area contributed by atoms with E-state index in [4.69, 9.17) is 23.1 Å². The summed E-state index contributed by atoms with van der Waals surface area (Å²) in [6.07, 6.45) is -2.59. The van der Waals surface area contributed by atoms with Gasteiger partial charge < -0.3 is 18.9 Å². The van der Waals surface area contributed by atoms with E-state index in [1.165, 1.54) is 19.2 Å². The molecular weight excluding hydrogens is 336 g/mol. The zero-order valence-electron chi connectivity index (χ0n) is 14.1. The first kappa shape index (κ1) is 17.8. The van der Waals surface area contributed by atoms with Gasteiger partial charge in [0.25, 0.3) is 10.1 Å². The van der Waals surface area contributed by atoms with Crippen molar-refractivity contribution < 1.29 is 31.5 Å². The average Bonchev–Trinajstić information content (AvgIpc) is 2.83. The van der Waals surface area contributed by atoms with Gasteiger partial charge in [0.05, 0.1) is 11.5 Å². The zero-order chi connectivity index (χ0) is 17.5. The molecule has 2 heterocycles. The molecule has 0 spiro atoms. The predicted octanol–water partition coefficient (Wildman–Crippen LogP) is 1.59. The number of hydrogen-bond acceptors (Lipinski definition) is 7. The van der Waals surface area contributed by atoms with Gasteiger partial charge in [-0.1, -0.05) is 17.7 Å². The standard InChI is InChI=1S/C16H22O7S/c1-10-5-7-11(8-6-10)24(17,18)23-12-9-20-15(19-4)14-13(12)21-16(2,3)22-14/h5-8,12-15H,9H2,1-4H3/t12-,13-,14+,15+/m1/s1. The van der Waals surface area contributed by atoms with Crippen molar-refractivity contribution in [2.45, 2.75) is 56.1 Å². The van der Waals surface area contributed by atoms with Crippen molar-refractivity contribution in [3.63, 3.8) is 0 Å². The first-order chi connectivity index (χ1) is 11.2. The lowest BCUT2D eigenvalue weighted by Gasteiger charge is -2.35. The maximum atomic E-state index is 12.5. The van der Waals surface area contributed by atoms with Gasteiger partial charge in [0.1, 0.15) is 18.3 Å². The minimum atomic E-state index is -3.93. The lowest BCUT2D eigenvalue weighted by atomic mass is 10.1. The van der Waals surface area contributed by atoms with E-state index < -0.39 is 40.5 Å². The highest BCUT2D eigenvalue weighted by molar-refractivity contribution is 7.86. The Bertz CT molecular complexity index is 683. The second-order valence-electron chi connectivity index (χ2n) is 6.40. The van der Waals surface area contributed by atoms with Gasteiger partial charge in [-0.15, -0.1) is 0 Å². The van der Waals surface area contributed by atoms with Crippen LogP contribution in [0.3, 0.4) is 0 Å². The Hall–Kier alpha value is -1.03. The molecule has 134 valence electrons. The summed E-state index contributed by atoms with van der Waals surface area (Å²) in [4.78, 5) is 0.0942. The fraction of sp³-hybridized carbons (Fsp3) is 0.625. The average molecular weight is 358 g/mol. The first-order valence-electron chi connectivity index (χ1n) is 7.72. The molecule has 0 saturated carbocycles. The summed E-state index contributed by atoms with van der Waals surface area (Å²) in [5.41, 5.74) is 0.965. The number of ether oxygens (including phenoxy) is 4. The summed E-state index contributed by atoms with van der Waals surface area (Å²) >= 11 is 0. The summed E-state index contributed by atoms with van der Waals surface area (Å²) in [6, 6.07) is 6.46. The molecule has 2 saturated heterocycles. The summed E-state index contributed by atoms with van der Waals surface area (Å²) in [5, 5.41) is 0. The second kappa shape index (κ2) is 6.36. The van der Waals surface area contributed by atoms with Crippen molar-refractivity contribution in [3.8, 4) is 0 Å². The fourth-order valence-corrected chi connectivity index (χ4v) is 3.97. The smallest absolute Gasteiger partial charge is 0.297 e. The Morgan fingerprint density at radius 3 is 2.38 bits per heavy atom. The van der Waals surface area contributed by atoms with Crippen molar-refractivity contribution in [2.75, 3.05) is 13.7 Å². The minimum absolute atomic E-state index is 0.0319. The molecule has 7 nitrogen and oxygen atoms in total. The third-order valence-corrected chi connectivity index (χ3v) is 5.37. The van der Waals surface area contributed by atoms with E-state index in [1.54, 1.807) is 26.0 Å². The van der Waals surface area contributed by atoms with Crippen LogP contribution in [0.5, 0.6) is 0 Å². The van der Waals surface area contributed by atoms with E-state index in [0.29, 0.717) is 0 Å². The number of aryl methyl sites for hydroxylation is 1. The molecule has 0 unspecified atom stereocenters. The summed E-state index contributed by atoms with van der Waals surface area (Å²) < 4.78 is 52.8. The van der Waals surface area contributed by atoms with Crippen LogP contribution in [0, 0.1) is 6.92 Å². The normalized spacial score (nSPS) is 32.5. The van der Waals surface area contributed by atoms with E-state index in [1.807, 2.05) is 6.92 Å². The number of benzene rings is 1. The molecule has 0 radical (unpaired) electrons. The molecule has 8 heteroatoms. The summed E-state index contributed by atoms with van der Waals surface area (Å²) in [5.74, 6) is -0.866. The van der Waals surface area contributed by atoms with Crippen molar-refractivity contribution in [3.05, 3.63) is 29.8 Å². The lowest BCUT2D eigenvalue weighted by Crippen LogP contribution is -2.53. The van der Waals surface area contributed by atoms with Crippen LogP contribution in [0.4, 0.5) is 0 Å². The number of fused-ring (bicyclic) bond motifs is 1. The van der Waals surface area contributed by atoms with Crippen LogP contribution in [0.2, 0.25) is 0 Å². The molecular formula is C16H22O7S.